The maximum atomic E-state index is 13.1. The first-order valence-electron chi connectivity index (χ1n) is 14.3. The summed E-state index contributed by atoms with van der Waals surface area (Å²) >= 11 is 4.95. The maximum Gasteiger partial charge on any atom is 0.410 e. The van der Waals surface area contributed by atoms with Crippen molar-refractivity contribution in [3.05, 3.63) is 35.4 Å². The lowest BCUT2D eigenvalue weighted by atomic mass is 9.96. The van der Waals surface area contributed by atoms with E-state index in [2.05, 4.69) is 0 Å². The van der Waals surface area contributed by atoms with E-state index < -0.39 is 23.8 Å². The summed E-state index contributed by atoms with van der Waals surface area (Å²) in [6.45, 7) is 10.5. The molecular weight excluding hydrogens is 546 g/mol. The summed E-state index contributed by atoms with van der Waals surface area (Å²) in [6.07, 6.45) is 1.37. The summed E-state index contributed by atoms with van der Waals surface area (Å²) in [6, 6.07) is 6.77. The molecule has 2 heterocycles. The van der Waals surface area contributed by atoms with Crippen LogP contribution in [0.15, 0.2) is 24.3 Å². The lowest BCUT2D eigenvalue weighted by molar-refractivity contribution is -0.211. The monoisotopic (exact) mass is 589 g/mol. The van der Waals surface area contributed by atoms with Gasteiger partial charge in [0.05, 0.1) is 6.10 Å². The molecule has 1 aromatic carbocycles. The molecule has 0 aromatic heterocycles. The molecule has 1 aromatic rings. The van der Waals surface area contributed by atoms with Gasteiger partial charge in [-0.25, -0.2) is 4.79 Å². The molecule has 2 fully saturated rings. The second-order valence-corrected chi connectivity index (χ2v) is 12.4. The number of likely N-dealkylation sites (tertiary alicyclic amines) is 2. The van der Waals surface area contributed by atoms with Gasteiger partial charge in [-0.05, 0) is 46.5 Å². The van der Waals surface area contributed by atoms with Crippen LogP contribution >= 0.6 is 12.2 Å². The SMILES string of the molecule is CC(=O)OC(OC1CCN(C(=O)[C@H](C)CC(=O)c2ccc(C(N)=S)cc2)CC1)C1CCCN(C(=O)OC(C)(C)C)C1. The normalized spacial score (nSPS) is 19.7. The van der Waals surface area contributed by atoms with Crippen LogP contribution in [0.1, 0.15) is 82.6 Å². The summed E-state index contributed by atoms with van der Waals surface area (Å²) in [5, 5.41) is 0. The lowest BCUT2D eigenvalue weighted by Crippen LogP contribution is -2.49. The van der Waals surface area contributed by atoms with Gasteiger partial charge in [-0.3, -0.25) is 14.4 Å². The Morgan fingerprint density at radius 1 is 1.00 bits per heavy atom. The molecule has 226 valence electrons. The fraction of sp³-hybridized carbons (Fsp3) is 0.633. The zero-order valence-corrected chi connectivity index (χ0v) is 25.5. The van der Waals surface area contributed by atoms with Crippen LogP contribution in [0.4, 0.5) is 4.79 Å². The fourth-order valence-electron chi connectivity index (χ4n) is 5.14. The van der Waals surface area contributed by atoms with Crippen molar-refractivity contribution in [1.29, 1.82) is 0 Å². The second kappa shape index (κ2) is 14.2. The maximum absolute atomic E-state index is 13.1. The highest BCUT2D eigenvalue weighted by atomic mass is 32.1. The van der Waals surface area contributed by atoms with E-state index in [4.69, 9.17) is 32.2 Å². The van der Waals surface area contributed by atoms with Crippen molar-refractivity contribution in [2.45, 2.75) is 84.7 Å². The summed E-state index contributed by atoms with van der Waals surface area (Å²) in [5.41, 5.74) is 6.22. The molecule has 10 nitrogen and oxygen atoms in total. The van der Waals surface area contributed by atoms with Gasteiger partial charge in [0.15, 0.2) is 5.78 Å². The van der Waals surface area contributed by atoms with Gasteiger partial charge < -0.3 is 29.7 Å². The molecule has 2 N–H and O–H groups in total. The molecular formula is C30H43N3O7S. The number of hydrogen-bond donors (Lipinski definition) is 1. The Morgan fingerprint density at radius 3 is 2.17 bits per heavy atom. The van der Waals surface area contributed by atoms with Gasteiger partial charge in [-0.2, -0.15) is 0 Å². The number of carbonyl (C=O) groups is 4. The minimum Gasteiger partial charge on any atom is -0.444 e. The van der Waals surface area contributed by atoms with E-state index in [-0.39, 0.29) is 41.2 Å². The number of ether oxygens (including phenoxy) is 3. The average Bonchev–Trinajstić information content (AvgIpc) is 2.91. The Balaban J connectivity index is 1.52. The molecule has 3 rings (SSSR count). The number of thiocarbonyl (C=S) groups is 1. The number of benzene rings is 1. The number of rotatable bonds is 9. The molecule has 0 spiro atoms. The first kappa shape index (κ1) is 32.5. The molecule has 11 heteroatoms. The van der Waals surface area contributed by atoms with Crippen LogP contribution in [-0.4, -0.2) is 82.7 Å². The highest BCUT2D eigenvalue weighted by Crippen LogP contribution is 2.28. The molecule has 2 unspecified atom stereocenters. The van der Waals surface area contributed by atoms with E-state index in [1.54, 1.807) is 41.0 Å². The largest absolute Gasteiger partial charge is 0.444 e. The highest BCUT2D eigenvalue weighted by molar-refractivity contribution is 7.80. The number of hydrogen-bond acceptors (Lipinski definition) is 8. The summed E-state index contributed by atoms with van der Waals surface area (Å²) in [4.78, 5) is 54.0. The first-order chi connectivity index (χ1) is 19.2. The van der Waals surface area contributed by atoms with Crippen LogP contribution in [0.25, 0.3) is 0 Å². The topological polar surface area (TPSA) is 128 Å². The molecule has 2 aliphatic heterocycles. The predicted molar refractivity (Wildman–Crippen MR) is 157 cm³/mol. The predicted octanol–water partition coefficient (Wildman–Crippen LogP) is 4.07. The number of piperidine rings is 2. The molecule has 41 heavy (non-hydrogen) atoms. The Kier molecular flexibility index (Phi) is 11.3. The quantitative estimate of drug-likeness (QED) is 0.196. The first-order valence-corrected chi connectivity index (χ1v) is 14.7. The number of nitrogens with zero attached hydrogens (tertiary/aromatic N) is 2. The Bertz CT molecular complexity index is 1110. The van der Waals surface area contributed by atoms with Gasteiger partial charge in [0.2, 0.25) is 12.2 Å². The number of amides is 2. The number of nitrogens with two attached hydrogens (primary N) is 1. The number of carbonyl (C=O) groups excluding carboxylic acids is 4. The Labute approximate surface area is 247 Å². The van der Waals surface area contributed by atoms with Crippen molar-refractivity contribution >= 4 is 41.0 Å². The number of Topliss-reactive ketones (excluding diaryl/α,β-unsaturated/α-hetero) is 1. The van der Waals surface area contributed by atoms with Crippen molar-refractivity contribution in [3.63, 3.8) is 0 Å². The molecule has 0 saturated carbocycles. The van der Waals surface area contributed by atoms with Crippen LogP contribution in [0.2, 0.25) is 0 Å². The molecule has 0 radical (unpaired) electrons. The van der Waals surface area contributed by atoms with Crippen molar-refractivity contribution in [1.82, 2.24) is 9.80 Å². The number of esters is 1. The third-order valence-electron chi connectivity index (χ3n) is 7.26. The standard InChI is InChI=1S/C30H43N3O7S/c1-19(17-25(35)21-8-10-22(11-9-21)26(31)41)27(36)32-15-12-24(13-16-32)39-28(38-20(2)34)23-7-6-14-33(18-23)29(37)40-30(3,4)5/h8-11,19,23-24,28H,6-7,12-18H2,1-5H3,(H2,31,41)/t19-,23?,28?/m1/s1. The van der Waals surface area contributed by atoms with Crippen LogP contribution in [-0.2, 0) is 23.8 Å². The van der Waals surface area contributed by atoms with Gasteiger partial charge in [-0.15, -0.1) is 0 Å². The molecule has 2 saturated heterocycles. The van der Waals surface area contributed by atoms with Gasteiger partial charge in [0.1, 0.15) is 10.6 Å². The zero-order valence-electron chi connectivity index (χ0n) is 24.7. The minimum absolute atomic E-state index is 0.0756. The summed E-state index contributed by atoms with van der Waals surface area (Å²) in [5.74, 6) is -1.29. The molecule has 3 atom stereocenters. The smallest absolute Gasteiger partial charge is 0.410 e. The molecule has 0 aliphatic carbocycles. The van der Waals surface area contributed by atoms with Gasteiger partial charge in [0, 0.05) is 62.5 Å². The Hall–Kier alpha value is -3.05. The van der Waals surface area contributed by atoms with E-state index in [0.29, 0.717) is 50.1 Å². The van der Waals surface area contributed by atoms with Crippen molar-refractivity contribution in [3.8, 4) is 0 Å². The van der Waals surface area contributed by atoms with E-state index in [1.807, 2.05) is 20.8 Å². The third-order valence-corrected chi connectivity index (χ3v) is 7.50. The van der Waals surface area contributed by atoms with Crippen LogP contribution in [0.3, 0.4) is 0 Å². The third kappa shape index (κ3) is 9.78. The van der Waals surface area contributed by atoms with E-state index >= 15 is 0 Å². The van der Waals surface area contributed by atoms with Crippen LogP contribution in [0.5, 0.6) is 0 Å². The summed E-state index contributed by atoms with van der Waals surface area (Å²) in [7, 11) is 0. The van der Waals surface area contributed by atoms with Gasteiger partial charge in [-0.1, -0.05) is 43.4 Å². The fourth-order valence-corrected chi connectivity index (χ4v) is 5.28. The van der Waals surface area contributed by atoms with Crippen LogP contribution in [0, 0.1) is 11.8 Å². The van der Waals surface area contributed by atoms with Gasteiger partial charge >= 0.3 is 12.1 Å². The van der Waals surface area contributed by atoms with Crippen molar-refractivity contribution < 1.29 is 33.4 Å². The van der Waals surface area contributed by atoms with Gasteiger partial charge in [0.25, 0.3) is 0 Å². The zero-order chi connectivity index (χ0) is 30.3. The Morgan fingerprint density at radius 2 is 1.61 bits per heavy atom. The molecule has 2 aliphatic rings. The second-order valence-electron chi connectivity index (χ2n) is 11.9. The average molecular weight is 590 g/mol. The summed E-state index contributed by atoms with van der Waals surface area (Å²) < 4.78 is 17.4. The van der Waals surface area contributed by atoms with Crippen molar-refractivity contribution in [2.24, 2.45) is 17.6 Å². The molecule has 0 bridgehead atoms. The minimum atomic E-state index is -0.790. The van der Waals surface area contributed by atoms with E-state index in [9.17, 15) is 19.2 Å². The van der Waals surface area contributed by atoms with Crippen molar-refractivity contribution in [2.75, 3.05) is 26.2 Å². The van der Waals surface area contributed by atoms with Crippen LogP contribution < -0.4 is 5.73 Å². The lowest BCUT2D eigenvalue weighted by Gasteiger charge is -2.39. The molecule has 2 amide bonds. The number of ketones is 1. The van der Waals surface area contributed by atoms with E-state index in [1.165, 1.54) is 6.92 Å². The van der Waals surface area contributed by atoms with E-state index in [0.717, 1.165) is 12.8 Å². The highest BCUT2D eigenvalue weighted by Gasteiger charge is 2.36.